The number of halogens is 2. The number of morpholine rings is 1. The molecule has 35 heavy (non-hydrogen) atoms. The molecule has 1 fully saturated rings. The molecule has 2 aromatic heterocycles. The lowest BCUT2D eigenvalue weighted by molar-refractivity contribution is 0.0364. The number of benzene rings is 1. The number of ether oxygens (including phenoxy) is 2. The Morgan fingerprint density at radius 3 is 2.91 bits per heavy atom. The maximum Gasteiger partial charge on any atom is 0.255 e. The van der Waals surface area contributed by atoms with E-state index in [1.807, 2.05) is 0 Å². The molecule has 0 saturated carbocycles. The SMILES string of the molecule is COc1c(Cl)cccc1Nc1c(-c2ccncc2F)[nH]c2c1C(=O)NCC2CCN1CCOCC1. The fourth-order valence-electron chi connectivity index (χ4n) is 4.73. The largest absolute Gasteiger partial charge is 0.493 e. The third kappa shape index (κ3) is 4.71. The number of hydrogen-bond donors (Lipinski definition) is 3. The van der Waals surface area contributed by atoms with Gasteiger partial charge in [-0.2, -0.15) is 0 Å². The summed E-state index contributed by atoms with van der Waals surface area (Å²) in [4.78, 5) is 22.8. The normalized spacial score (nSPS) is 18.1. The van der Waals surface area contributed by atoms with Gasteiger partial charge in [0.05, 0.1) is 54.2 Å². The van der Waals surface area contributed by atoms with Gasteiger partial charge in [0, 0.05) is 43.0 Å². The number of nitrogens with zero attached hydrogens (tertiary/aromatic N) is 2. The van der Waals surface area contributed by atoms with Crippen molar-refractivity contribution in [2.24, 2.45) is 0 Å². The first kappa shape index (κ1) is 23.6. The molecule has 184 valence electrons. The Morgan fingerprint density at radius 1 is 1.31 bits per heavy atom. The monoisotopic (exact) mass is 499 g/mol. The Bertz CT molecular complexity index is 1230. The van der Waals surface area contributed by atoms with Crippen molar-refractivity contribution in [2.45, 2.75) is 12.3 Å². The average Bonchev–Trinajstić information content (AvgIpc) is 3.24. The molecule has 0 bridgehead atoms. The lowest BCUT2D eigenvalue weighted by atomic mass is 9.93. The molecule has 8 nitrogen and oxygen atoms in total. The third-order valence-corrected chi connectivity index (χ3v) is 6.84. The number of anilines is 2. The second-order valence-electron chi connectivity index (χ2n) is 8.61. The van der Waals surface area contributed by atoms with Crippen LogP contribution in [0.3, 0.4) is 0 Å². The summed E-state index contributed by atoms with van der Waals surface area (Å²) in [5, 5.41) is 6.75. The summed E-state index contributed by atoms with van der Waals surface area (Å²) >= 11 is 6.33. The second-order valence-corrected chi connectivity index (χ2v) is 9.02. The number of pyridine rings is 1. The Labute approximate surface area is 207 Å². The molecule has 1 aromatic carbocycles. The lowest BCUT2D eigenvalue weighted by Gasteiger charge is -2.29. The van der Waals surface area contributed by atoms with E-state index in [4.69, 9.17) is 21.1 Å². The van der Waals surface area contributed by atoms with Crippen LogP contribution in [0.4, 0.5) is 15.8 Å². The van der Waals surface area contributed by atoms with Gasteiger partial charge in [0.1, 0.15) is 0 Å². The summed E-state index contributed by atoms with van der Waals surface area (Å²) in [5.41, 5.74) is 3.09. The van der Waals surface area contributed by atoms with Crippen molar-refractivity contribution in [3.8, 4) is 17.0 Å². The van der Waals surface area contributed by atoms with Crippen LogP contribution in [0, 0.1) is 5.82 Å². The molecule has 1 atom stereocenters. The molecule has 2 aliphatic heterocycles. The van der Waals surface area contributed by atoms with Crippen molar-refractivity contribution < 1.29 is 18.7 Å². The van der Waals surface area contributed by atoms with Crippen LogP contribution < -0.4 is 15.4 Å². The zero-order valence-corrected chi connectivity index (χ0v) is 20.1. The van der Waals surface area contributed by atoms with E-state index in [2.05, 4.69) is 25.5 Å². The first-order valence-electron chi connectivity index (χ1n) is 11.6. The highest BCUT2D eigenvalue weighted by Gasteiger charge is 2.34. The van der Waals surface area contributed by atoms with Crippen LogP contribution in [0.15, 0.2) is 36.7 Å². The minimum absolute atomic E-state index is 0.0472. The summed E-state index contributed by atoms with van der Waals surface area (Å²) in [5.74, 6) is -0.225. The first-order valence-corrected chi connectivity index (χ1v) is 12.0. The molecule has 0 radical (unpaired) electrons. The Kier molecular flexibility index (Phi) is 6.90. The Hall–Kier alpha value is -3.14. The molecule has 1 amide bonds. The van der Waals surface area contributed by atoms with Gasteiger partial charge in [-0.3, -0.25) is 14.7 Å². The van der Waals surface area contributed by atoms with Crippen LogP contribution in [0.25, 0.3) is 11.3 Å². The number of fused-ring (bicyclic) bond motifs is 1. The van der Waals surface area contributed by atoms with Gasteiger partial charge in [0.15, 0.2) is 11.6 Å². The van der Waals surface area contributed by atoms with Gasteiger partial charge in [-0.05, 0) is 31.2 Å². The van der Waals surface area contributed by atoms with Crippen LogP contribution in [0.1, 0.15) is 28.4 Å². The number of H-pyrrole nitrogens is 1. The molecule has 2 aliphatic rings. The van der Waals surface area contributed by atoms with Crippen molar-refractivity contribution in [1.29, 1.82) is 0 Å². The fraction of sp³-hybridized carbons (Fsp3) is 0.360. The standard InChI is InChI=1S/C25H27ClFN5O3/c1-34-24-17(26)3-2-4-19(24)30-23-20-21(31-22(23)16-5-7-28-14-18(16)27)15(13-29-25(20)33)6-8-32-9-11-35-12-10-32/h2-5,7,14-15,30-31H,6,8-13H2,1H3,(H,29,33). The maximum absolute atomic E-state index is 14.9. The summed E-state index contributed by atoms with van der Waals surface area (Å²) in [6.45, 7) is 4.64. The summed E-state index contributed by atoms with van der Waals surface area (Å²) in [7, 11) is 1.52. The Morgan fingerprint density at radius 2 is 2.14 bits per heavy atom. The number of rotatable bonds is 7. The van der Waals surface area contributed by atoms with E-state index in [-0.39, 0.29) is 11.8 Å². The predicted molar refractivity (Wildman–Crippen MR) is 132 cm³/mol. The number of aromatic amines is 1. The van der Waals surface area contributed by atoms with Gasteiger partial charge in [-0.25, -0.2) is 4.39 Å². The minimum atomic E-state index is -0.488. The second kappa shape index (κ2) is 10.2. The highest BCUT2D eigenvalue weighted by atomic mass is 35.5. The number of nitrogens with one attached hydrogen (secondary N) is 3. The van der Waals surface area contributed by atoms with Crippen LogP contribution in [0.2, 0.25) is 5.02 Å². The average molecular weight is 500 g/mol. The van der Waals surface area contributed by atoms with Crippen molar-refractivity contribution in [3.05, 3.63) is 58.8 Å². The molecular formula is C25H27ClFN5O3. The quantitative estimate of drug-likeness (QED) is 0.452. The minimum Gasteiger partial charge on any atom is -0.493 e. The molecule has 4 heterocycles. The van der Waals surface area contributed by atoms with E-state index in [0.717, 1.165) is 51.2 Å². The fourth-order valence-corrected chi connectivity index (χ4v) is 4.98. The predicted octanol–water partition coefficient (Wildman–Crippen LogP) is 4.17. The highest BCUT2D eigenvalue weighted by Crippen LogP contribution is 2.43. The number of aromatic nitrogens is 2. The smallest absolute Gasteiger partial charge is 0.255 e. The summed E-state index contributed by atoms with van der Waals surface area (Å²) in [6.07, 6.45) is 3.53. The lowest BCUT2D eigenvalue weighted by Crippen LogP contribution is -2.40. The molecule has 5 rings (SSSR count). The van der Waals surface area contributed by atoms with Crippen molar-refractivity contribution in [2.75, 3.05) is 51.8 Å². The number of hydrogen-bond acceptors (Lipinski definition) is 6. The van der Waals surface area contributed by atoms with Crippen LogP contribution in [-0.2, 0) is 4.74 Å². The van der Waals surface area contributed by atoms with Gasteiger partial charge >= 0.3 is 0 Å². The number of methoxy groups -OCH3 is 1. The van der Waals surface area contributed by atoms with Gasteiger partial charge in [0.2, 0.25) is 0 Å². The zero-order chi connectivity index (χ0) is 24.4. The van der Waals surface area contributed by atoms with Gasteiger partial charge in [-0.1, -0.05) is 17.7 Å². The number of carbonyl (C=O) groups is 1. The van der Waals surface area contributed by atoms with Crippen molar-refractivity contribution in [3.63, 3.8) is 0 Å². The van der Waals surface area contributed by atoms with Crippen molar-refractivity contribution >= 4 is 28.9 Å². The topological polar surface area (TPSA) is 91.5 Å². The summed E-state index contributed by atoms with van der Waals surface area (Å²) in [6, 6.07) is 6.89. The first-order chi connectivity index (χ1) is 17.1. The molecule has 1 unspecified atom stereocenters. The van der Waals surface area contributed by atoms with E-state index in [1.165, 1.54) is 13.3 Å². The van der Waals surface area contributed by atoms with E-state index in [9.17, 15) is 9.18 Å². The zero-order valence-electron chi connectivity index (χ0n) is 19.4. The third-order valence-electron chi connectivity index (χ3n) is 6.54. The molecular weight excluding hydrogens is 473 g/mol. The molecule has 10 heteroatoms. The Balaban J connectivity index is 1.57. The van der Waals surface area contributed by atoms with Crippen LogP contribution in [0.5, 0.6) is 5.75 Å². The van der Waals surface area contributed by atoms with E-state index in [1.54, 1.807) is 24.3 Å². The van der Waals surface area contributed by atoms with Gasteiger partial charge < -0.3 is 25.1 Å². The van der Waals surface area contributed by atoms with Gasteiger partial charge in [-0.15, -0.1) is 0 Å². The molecule has 3 N–H and O–H groups in total. The number of para-hydroxylation sites is 1. The van der Waals surface area contributed by atoms with Gasteiger partial charge in [0.25, 0.3) is 5.91 Å². The number of amides is 1. The molecule has 1 saturated heterocycles. The van der Waals surface area contributed by atoms with Crippen LogP contribution >= 0.6 is 11.6 Å². The summed E-state index contributed by atoms with van der Waals surface area (Å²) < 4.78 is 25.8. The highest BCUT2D eigenvalue weighted by molar-refractivity contribution is 6.32. The van der Waals surface area contributed by atoms with Crippen LogP contribution in [-0.4, -0.2) is 67.3 Å². The number of carbonyl (C=O) groups excluding carboxylic acids is 1. The molecule has 0 aliphatic carbocycles. The van der Waals surface area contributed by atoms with E-state index in [0.29, 0.717) is 45.5 Å². The van der Waals surface area contributed by atoms with E-state index < -0.39 is 5.82 Å². The van der Waals surface area contributed by atoms with Crippen molar-refractivity contribution in [1.82, 2.24) is 20.2 Å². The molecule has 3 aromatic rings. The maximum atomic E-state index is 14.9. The van der Waals surface area contributed by atoms with E-state index >= 15 is 0 Å². The molecule has 0 spiro atoms.